The van der Waals surface area contributed by atoms with E-state index in [0.29, 0.717) is 25.0 Å². The van der Waals surface area contributed by atoms with E-state index < -0.39 is 23.0 Å². The van der Waals surface area contributed by atoms with Crippen LogP contribution in [0.1, 0.15) is 29.2 Å². The number of aryl methyl sites for hydroxylation is 1. The van der Waals surface area contributed by atoms with Gasteiger partial charge in [0, 0.05) is 19.3 Å². The van der Waals surface area contributed by atoms with Gasteiger partial charge in [0.05, 0.1) is 36.5 Å². The number of hydrogen-bond donors (Lipinski definition) is 1. The van der Waals surface area contributed by atoms with Crippen LogP contribution in [0.2, 0.25) is 0 Å². The second kappa shape index (κ2) is 8.92. The Labute approximate surface area is 204 Å². The highest BCUT2D eigenvalue weighted by atomic mass is 19.4. The molecule has 1 N–H and O–H groups in total. The average Bonchev–Trinajstić information content (AvgIpc) is 3.41. The lowest BCUT2D eigenvalue weighted by atomic mass is 10.1. The number of nitrogens with zero attached hydrogens (tertiary/aromatic N) is 3. The van der Waals surface area contributed by atoms with Crippen molar-refractivity contribution in [3.63, 3.8) is 0 Å². The number of ether oxygens (including phenoxy) is 1. The molecule has 188 valence electrons. The molecule has 1 fully saturated rings. The molecule has 4 aromatic rings. The molecule has 36 heavy (non-hydrogen) atoms. The highest BCUT2D eigenvalue weighted by Crippen LogP contribution is 2.37. The first-order valence-electron chi connectivity index (χ1n) is 11.6. The number of anilines is 1. The number of rotatable bonds is 5. The van der Waals surface area contributed by atoms with Gasteiger partial charge in [-0.15, -0.1) is 0 Å². The minimum Gasteiger partial charge on any atom is -0.495 e. The fourth-order valence-corrected chi connectivity index (χ4v) is 5.21. The molecule has 10 heteroatoms. The molecule has 1 aliphatic rings. The number of fused-ring (bicyclic) bond motifs is 1. The first-order chi connectivity index (χ1) is 17.2. The van der Waals surface area contributed by atoms with E-state index in [1.54, 1.807) is 17.7 Å². The van der Waals surface area contributed by atoms with Crippen molar-refractivity contribution in [2.24, 2.45) is 0 Å². The molecule has 0 radical (unpaired) electrons. The number of hydrogen-bond acceptors (Lipinski definition) is 4. The first kappa shape index (κ1) is 23.8. The van der Waals surface area contributed by atoms with Gasteiger partial charge in [0.15, 0.2) is 0 Å². The van der Waals surface area contributed by atoms with E-state index in [1.165, 1.54) is 24.4 Å². The average molecular weight is 499 g/mol. The van der Waals surface area contributed by atoms with Crippen molar-refractivity contribution in [3.05, 3.63) is 92.3 Å². The number of alkyl halides is 3. The number of nitrogens with one attached hydrogen (secondary N) is 1. The number of para-hydroxylation sites is 1. The summed E-state index contributed by atoms with van der Waals surface area (Å²) in [6, 6.07) is 12.2. The lowest BCUT2D eigenvalue weighted by Crippen LogP contribution is -2.30. The molecule has 2 aromatic carbocycles. The minimum atomic E-state index is -4.58. The number of benzene rings is 2. The SMILES string of the molecule is COc1cccc(C)c1N1CCC(n2c(=O)n(Cc3ccccc3C(F)(F)F)c3c(=O)[nH]ccc32)C1. The summed E-state index contributed by atoms with van der Waals surface area (Å²) >= 11 is 0. The number of H-pyrrole nitrogens is 1. The van der Waals surface area contributed by atoms with Gasteiger partial charge in [-0.1, -0.05) is 30.3 Å². The van der Waals surface area contributed by atoms with Crippen LogP contribution in [0.5, 0.6) is 5.75 Å². The molecule has 1 unspecified atom stereocenters. The Balaban J connectivity index is 1.59. The molecule has 0 aliphatic carbocycles. The van der Waals surface area contributed by atoms with Crippen LogP contribution in [-0.2, 0) is 12.7 Å². The summed E-state index contributed by atoms with van der Waals surface area (Å²) in [5.41, 5.74) is 0.492. The monoisotopic (exact) mass is 498 g/mol. The van der Waals surface area contributed by atoms with E-state index in [4.69, 9.17) is 4.74 Å². The van der Waals surface area contributed by atoms with Crippen molar-refractivity contribution in [3.8, 4) is 5.75 Å². The second-order valence-corrected chi connectivity index (χ2v) is 8.95. The Morgan fingerprint density at radius 3 is 2.61 bits per heavy atom. The maximum atomic E-state index is 13.7. The van der Waals surface area contributed by atoms with E-state index in [1.807, 2.05) is 25.1 Å². The van der Waals surface area contributed by atoms with Crippen LogP contribution in [0.4, 0.5) is 18.9 Å². The van der Waals surface area contributed by atoms with Crippen molar-refractivity contribution in [2.45, 2.75) is 32.1 Å². The van der Waals surface area contributed by atoms with Gasteiger partial charge >= 0.3 is 11.9 Å². The van der Waals surface area contributed by atoms with Crippen molar-refractivity contribution < 1.29 is 17.9 Å². The fourth-order valence-electron chi connectivity index (χ4n) is 5.21. The molecule has 3 heterocycles. The topological polar surface area (TPSA) is 72.3 Å². The van der Waals surface area contributed by atoms with Gasteiger partial charge in [0.2, 0.25) is 0 Å². The number of aromatic amines is 1. The Kier molecular flexibility index (Phi) is 5.89. The summed E-state index contributed by atoms with van der Waals surface area (Å²) in [7, 11) is 1.61. The number of pyridine rings is 1. The highest BCUT2D eigenvalue weighted by molar-refractivity contribution is 5.75. The van der Waals surface area contributed by atoms with Gasteiger partial charge in [-0.25, -0.2) is 4.79 Å². The van der Waals surface area contributed by atoms with Crippen LogP contribution in [0.3, 0.4) is 0 Å². The molecule has 1 atom stereocenters. The Morgan fingerprint density at radius 2 is 1.86 bits per heavy atom. The zero-order valence-electron chi connectivity index (χ0n) is 19.8. The van der Waals surface area contributed by atoms with Crippen LogP contribution < -0.4 is 20.9 Å². The Hall–Kier alpha value is -3.95. The van der Waals surface area contributed by atoms with Crippen molar-refractivity contribution in [2.75, 3.05) is 25.1 Å². The summed E-state index contributed by atoms with van der Waals surface area (Å²) < 4.78 is 49.1. The number of halogens is 3. The van der Waals surface area contributed by atoms with Crippen LogP contribution in [-0.4, -0.2) is 34.3 Å². The van der Waals surface area contributed by atoms with Gasteiger partial charge in [0.25, 0.3) is 5.56 Å². The summed E-state index contributed by atoms with van der Waals surface area (Å²) in [4.78, 5) is 31.2. The van der Waals surface area contributed by atoms with E-state index in [0.717, 1.165) is 27.6 Å². The summed E-state index contributed by atoms with van der Waals surface area (Å²) in [6.07, 6.45) is -2.50. The number of imidazole rings is 1. The highest BCUT2D eigenvalue weighted by Gasteiger charge is 2.34. The fraction of sp³-hybridized carbons (Fsp3) is 0.308. The summed E-state index contributed by atoms with van der Waals surface area (Å²) in [6.45, 7) is 2.77. The summed E-state index contributed by atoms with van der Waals surface area (Å²) in [5.74, 6) is 0.727. The maximum Gasteiger partial charge on any atom is 0.416 e. The maximum absolute atomic E-state index is 13.7. The quantitative estimate of drug-likeness (QED) is 0.445. The lowest BCUT2D eigenvalue weighted by molar-refractivity contribution is -0.138. The van der Waals surface area contributed by atoms with Gasteiger partial charge in [-0.2, -0.15) is 13.2 Å². The van der Waals surface area contributed by atoms with E-state index in [-0.39, 0.29) is 23.7 Å². The van der Waals surface area contributed by atoms with Gasteiger partial charge in [-0.05, 0) is 42.7 Å². The molecule has 1 saturated heterocycles. The molecule has 0 saturated carbocycles. The number of aromatic nitrogens is 3. The van der Waals surface area contributed by atoms with Crippen LogP contribution in [0.15, 0.2) is 64.3 Å². The standard InChI is InChI=1S/C26H25F3N4O3/c1-16-6-5-9-21(36-2)22(16)31-13-11-18(15-31)33-20-10-12-30-24(34)23(20)32(25(33)35)14-17-7-3-4-8-19(17)26(27,28)29/h3-10,12,18H,11,13-15H2,1-2H3,(H,30,34). The van der Waals surface area contributed by atoms with Gasteiger partial charge in [-0.3, -0.25) is 13.9 Å². The van der Waals surface area contributed by atoms with E-state index in [9.17, 15) is 22.8 Å². The molecule has 5 rings (SSSR count). The largest absolute Gasteiger partial charge is 0.495 e. The smallest absolute Gasteiger partial charge is 0.416 e. The van der Waals surface area contributed by atoms with Crippen LogP contribution in [0, 0.1) is 6.92 Å². The third-order valence-corrected chi connectivity index (χ3v) is 6.80. The predicted octanol–water partition coefficient (Wildman–Crippen LogP) is 4.33. The first-order valence-corrected chi connectivity index (χ1v) is 11.6. The summed E-state index contributed by atoms with van der Waals surface area (Å²) in [5, 5.41) is 0. The number of methoxy groups -OCH3 is 1. The molecule has 1 aliphatic heterocycles. The normalized spacial score (nSPS) is 16.1. The second-order valence-electron chi connectivity index (χ2n) is 8.95. The zero-order valence-corrected chi connectivity index (χ0v) is 19.8. The minimum absolute atomic E-state index is 0.0615. The Bertz CT molecular complexity index is 1550. The third kappa shape index (κ3) is 3.96. The van der Waals surface area contributed by atoms with Crippen molar-refractivity contribution in [1.82, 2.24) is 14.1 Å². The third-order valence-electron chi connectivity index (χ3n) is 6.80. The van der Waals surface area contributed by atoms with Crippen molar-refractivity contribution >= 4 is 16.7 Å². The zero-order chi connectivity index (χ0) is 25.6. The van der Waals surface area contributed by atoms with Gasteiger partial charge < -0.3 is 14.6 Å². The van der Waals surface area contributed by atoms with Crippen LogP contribution in [0.25, 0.3) is 11.0 Å². The van der Waals surface area contributed by atoms with Gasteiger partial charge in [0.1, 0.15) is 11.3 Å². The van der Waals surface area contributed by atoms with E-state index >= 15 is 0 Å². The molecular weight excluding hydrogens is 473 g/mol. The van der Waals surface area contributed by atoms with E-state index in [2.05, 4.69) is 9.88 Å². The lowest BCUT2D eigenvalue weighted by Gasteiger charge is -2.23. The molecule has 0 spiro atoms. The molecule has 0 bridgehead atoms. The molecule has 2 aromatic heterocycles. The molecule has 7 nitrogen and oxygen atoms in total. The predicted molar refractivity (Wildman–Crippen MR) is 131 cm³/mol. The van der Waals surface area contributed by atoms with Crippen molar-refractivity contribution in [1.29, 1.82) is 0 Å². The molecular formula is C26H25F3N4O3. The Morgan fingerprint density at radius 1 is 1.08 bits per heavy atom. The van der Waals surface area contributed by atoms with Crippen LogP contribution >= 0.6 is 0 Å². The molecule has 0 amide bonds.